The third-order valence-corrected chi connectivity index (χ3v) is 33.9. The second kappa shape index (κ2) is 78.5. The van der Waals surface area contributed by atoms with Gasteiger partial charge in [-0.1, -0.05) is 566 Å². The van der Waals surface area contributed by atoms with Crippen LogP contribution in [0.3, 0.4) is 0 Å². The van der Waals surface area contributed by atoms with Gasteiger partial charge in [-0.25, -0.2) is 9.59 Å². The maximum Gasteiger partial charge on any atom is 0.344 e. The van der Waals surface area contributed by atoms with E-state index in [1.54, 1.807) is 0 Å². The van der Waals surface area contributed by atoms with Crippen LogP contribution in [0.2, 0.25) is 0 Å². The summed E-state index contributed by atoms with van der Waals surface area (Å²) in [6.07, 6.45) is 105. The van der Waals surface area contributed by atoms with Gasteiger partial charge in [-0.15, -0.1) is 0 Å². The van der Waals surface area contributed by atoms with Gasteiger partial charge >= 0.3 is 11.3 Å². The Kier molecular flexibility index (Phi) is 65.1. The first-order valence-electron chi connectivity index (χ1n) is 64.8. The summed E-state index contributed by atoms with van der Waals surface area (Å²) >= 11 is 0. The highest BCUT2D eigenvalue weighted by Crippen LogP contribution is 2.48. The third-order valence-electron chi connectivity index (χ3n) is 33.9. The van der Waals surface area contributed by atoms with Gasteiger partial charge in [0.2, 0.25) is 0 Å². The van der Waals surface area contributed by atoms with Gasteiger partial charge in [-0.05, 0) is 204 Å². The highest BCUT2D eigenvalue weighted by Gasteiger charge is 2.27. The molecule has 0 aliphatic rings. The molecule has 2 heterocycles. The van der Waals surface area contributed by atoms with Crippen molar-refractivity contribution < 1.29 is 27.8 Å². The largest absolute Gasteiger partial charge is 0.493 e. The van der Waals surface area contributed by atoms with Crippen LogP contribution in [0, 0.1) is 23.7 Å². The van der Waals surface area contributed by atoms with Gasteiger partial charge < -0.3 is 27.8 Å². The third kappa shape index (κ3) is 47.2. The molecule has 150 heavy (non-hydrogen) atoms. The number of hydrogen-bond donors (Lipinski definition) is 0. The van der Waals surface area contributed by atoms with Crippen molar-refractivity contribution in [3.05, 3.63) is 154 Å². The fourth-order valence-corrected chi connectivity index (χ4v) is 24.1. The summed E-state index contributed by atoms with van der Waals surface area (Å²) in [7, 11) is 0. The lowest BCUT2D eigenvalue weighted by Gasteiger charge is -2.19. The molecule has 0 radical (unpaired) electrons. The predicted molar refractivity (Wildman–Crippen MR) is 656 cm³/mol. The molecule has 8 nitrogen and oxygen atoms in total. The van der Waals surface area contributed by atoms with Gasteiger partial charge in [-0.3, -0.25) is 0 Å². The molecule has 0 spiro atoms. The molecule has 0 saturated carbocycles. The van der Waals surface area contributed by atoms with E-state index in [0.717, 1.165) is 116 Å². The van der Waals surface area contributed by atoms with Crippen LogP contribution in [0.5, 0.6) is 23.0 Å². The molecule has 4 unspecified atom stereocenters. The minimum Gasteiger partial charge on any atom is -0.493 e. The summed E-state index contributed by atoms with van der Waals surface area (Å²) in [6.45, 7) is 21.2. The monoisotopic (exact) mass is 2050 g/mol. The molecule has 0 aliphatic carbocycles. The van der Waals surface area contributed by atoms with Crippen molar-refractivity contribution in [3.8, 4) is 56.4 Å². The van der Waals surface area contributed by atoms with E-state index in [0.29, 0.717) is 81.4 Å². The minimum absolute atomic E-state index is 0.428. The maximum absolute atomic E-state index is 15.7. The Labute approximate surface area is 916 Å². The lowest BCUT2D eigenvalue weighted by molar-refractivity contribution is 0.224. The molecule has 0 bridgehead atoms. The van der Waals surface area contributed by atoms with E-state index < -0.39 is 11.3 Å². The summed E-state index contributed by atoms with van der Waals surface area (Å²) in [5, 5.41) is 7.84. The van der Waals surface area contributed by atoms with Crippen molar-refractivity contribution in [3.63, 3.8) is 0 Å². The predicted octanol–water partition coefficient (Wildman–Crippen LogP) is 46.9. The Morgan fingerprint density at radius 2 is 0.353 bits per heavy atom. The molecule has 2 aromatic heterocycles. The molecular weight excluding hydrogens is 1830 g/mol. The summed E-state index contributed by atoms with van der Waals surface area (Å²) in [5.41, 5.74) is 5.73. The fraction of sp³-hybridized carbons (Fsp3) is 0.676. The Hall–Kier alpha value is -7.58. The van der Waals surface area contributed by atoms with E-state index in [2.05, 4.69) is 177 Å². The average molecular weight is 2050 g/mol. The van der Waals surface area contributed by atoms with Gasteiger partial charge in [0.1, 0.15) is 34.2 Å². The maximum atomic E-state index is 15.7. The fourth-order valence-electron chi connectivity index (χ4n) is 24.1. The van der Waals surface area contributed by atoms with E-state index >= 15 is 9.59 Å². The Balaban J connectivity index is 1.04. The second-order valence-corrected chi connectivity index (χ2v) is 47.0. The Morgan fingerprint density at radius 1 is 0.173 bits per heavy atom. The molecule has 0 fully saturated rings. The highest BCUT2D eigenvalue weighted by molar-refractivity contribution is 6.26. The molecular formula is C142H218O8. The normalized spacial score (nSPS) is 12.7. The van der Waals surface area contributed by atoms with Crippen LogP contribution in [-0.2, 0) is 0 Å². The van der Waals surface area contributed by atoms with Crippen LogP contribution in [0.25, 0.3) is 98.4 Å². The van der Waals surface area contributed by atoms with Gasteiger partial charge in [0.05, 0.1) is 37.2 Å². The summed E-state index contributed by atoms with van der Waals surface area (Å²) in [4.78, 5) is 31.4. The quantitative estimate of drug-likeness (QED) is 0.0161. The molecule has 0 N–H and O–H groups in total. The summed E-state index contributed by atoms with van der Waals surface area (Å²) in [5.74, 6) is 5.14. The number of ether oxygens (including phenoxy) is 4. The number of fused-ring (bicyclic) bond motifs is 8. The molecule has 10 aromatic rings. The molecule has 4 atom stereocenters. The van der Waals surface area contributed by atoms with Gasteiger partial charge in [0.15, 0.2) is 0 Å². The zero-order valence-electron chi connectivity index (χ0n) is 97.7. The first kappa shape index (κ1) is 124. The van der Waals surface area contributed by atoms with Crippen molar-refractivity contribution in [1.82, 2.24) is 0 Å². The number of rotatable bonds is 95. The minimum atomic E-state index is -0.433. The van der Waals surface area contributed by atoms with Crippen LogP contribution in [0.15, 0.2) is 152 Å². The Morgan fingerprint density at radius 3 is 0.567 bits per heavy atom. The van der Waals surface area contributed by atoms with Crippen LogP contribution < -0.4 is 30.2 Å². The SMILES string of the molecule is CCCCCCCCCCCCC(CCCCCCCCCC)COc1ccc(-c2ccc3c(-c4c5ccc(-c6ccc(OCC(CCCCCCCCCC)CCCCCCCCCCCC)cc6)cc5cc5c4oc(=O)c4cc(OCC(CCCCCCCCCC)CCCCCCCCCCCC)ccc45)c4oc(=O)c5cc(OCC(CCCCCCCCCC)CCCCCCCCCCCC)ccc5c4cc3c2)cc1. The summed E-state index contributed by atoms with van der Waals surface area (Å²) < 4.78 is 41.9. The van der Waals surface area contributed by atoms with Crippen molar-refractivity contribution in [1.29, 1.82) is 0 Å². The first-order chi connectivity index (χ1) is 74.1. The lowest BCUT2D eigenvalue weighted by Crippen LogP contribution is -2.13. The van der Waals surface area contributed by atoms with Crippen molar-refractivity contribution >= 4 is 65.0 Å². The van der Waals surface area contributed by atoms with Crippen LogP contribution >= 0.6 is 0 Å². The zero-order valence-corrected chi connectivity index (χ0v) is 97.7. The average Bonchev–Trinajstić information content (AvgIpc) is 0.707. The molecule has 0 saturated heterocycles. The molecule has 0 amide bonds. The highest BCUT2D eigenvalue weighted by atomic mass is 16.5. The first-order valence-corrected chi connectivity index (χ1v) is 64.8. The lowest BCUT2D eigenvalue weighted by atomic mass is 9.87. The molecule has 8 aromatic carbocycles. The summed E-state index contributed by atoms with van der Waals surface area (Å²) in [6, 6.07) is 48.0. The van der Waals surface area contributed by atoms with Crippen LogP contribution in [0.1, 0.15) is 569 Å². The Bertz CT molecular complexity index is 4940. The van der Waals surface area contributed by atoms with Crippen LogP contribution in [0.4, 0.5) is 0 Å². The number of benzene rings is 8. The molecule has 10 rings (SSSR count). The zero-order chi connectivity index (χ0) is 105. The van der Waals surface area contributed by atoms with Gasteiger partial charge in [0, 0.05) is 32.7 Å². The standard InChI is InChI=1S/C142H218O8/c1-9-17-25-33-41-49-53-61-69-75-83-115(81-73-65-57-45-37-29-21-13-5)111-145-125-95-89-119(90-96-125)121-93-101-129-123(105-121)107-133-131-103-99-127(147-113-117(85-77-67-59-47-39-31-23-15-7)87-79-71-63-55-51-43-35-27-19-11-3)109-135(131)141(143)149-139(133)137(129)138-130-102-94-122(120-91-97-126(98-92-120)146-112-116(82-74-66-58-46-38-30-22-14-6)84-76-70-62-54-50-42-34-26-18-10-2)106-124(130)108-134-132-104-100-128(110-136(132)142(144)150-140(134)138)148-114-118(86-78-68-60-48-40-32-24-16-8)88-80-72-64-56-52-44-36-28-20-12-4/h89-110,115-118H,9-88,111-114H2,1-8H3. The van der Waals surface area contributed by atoms with E-state index in [9.17, 15) is 0 Å². The van der Waals surface area contributed by atoms with Crippen LogP contribution in [-0.4, -0.2) is 26.4 Å². The van der Waals surface area contributed by atoms with Crippen molar-refractivity contribution in [2.45, 2.75) is 569 Å². The van der Waals surface area contributed by atoms with Gasteiger partial charge in [-0.2, -0.15) is 0 Å². The van der Waals surface area contributed by atoms with Crippen molar-refractivity contribution in [2.75, 3.05) is 26.4 Å². The van der Waals surface area contributed by atoms with E-state index in [-0.39, 0.29) is 0 Å². The number of unbranched alkanes of at least 4 members (excludes halogenated alkanes) is 64. The molecule has 834 valence electrons. The second-order valence-electron chi connectivity index (χ2n) is 47.0. The van der Waals surface area contributed by atoms with E-state index in [1.807, 2.05) is 12.1 Å². The van der Waals surface area contributed by atoms with Gasteiger partial charge in [0.25, 0.3) is 0 Å². The molecule has 8 heteroatoms. The van der Waals surface area contributed by atoms with Crippen molar-refractivity contribution in [2.24, 2.45) is 23.7 Å². The van der Waals surface area contributed by atoms with E-state index in [1.165, 1.54) is 488 Å². The molecule has 0 aliphatic heterocycles. The smallest absolute Gasteiger partial charge is 0.344 e. The van der Waals surface area contributed by atoms with E-state index in [4.69, 9.17) is 27.8 Å². The topological polar surface area (TPSA) is 97.3 Å². The number of hydrogen-bond acceptors (Lipinski definition) is 8.